The van der Waals surface area contributed by atoms with Crippen molar-refractivity contribution in [2.75, 3.05) is 13.7 Å². The maximum atomic E-state index is 12.6. The van der Waals surface area contributed by atoms with Crippen LogP contribution in [0.25, 0.3) is 0 Å². The molecule has 0 aromatic heterocycles. The Morgan fingerprint density at radius 2 is 2.06 bits per heavy atom. The lowest BCUT2D eigenvalue weighted by Crippen LogP contribution is -2.07. The lowest BCUT2D eigenvalue weighted by atomic mass is 10.1. The second kappa shape index (κ2) is 4.90. The molecule has 0 aliphatic rings. The van der Waals surface area contributed by atoms with Crippen LogP contribution < -0.4 is 10.5 Å². The summed E-state index contributed by atoms with van der Waals surface area (Å²) < 4.78 is 42.4. The molecule has 0 aliphatic carbocycles. The number of hydrogen-bond acceptors (Lipinski definition) is 2. The topological polar surface area (TPSA) is 35.2 Å². The summed E-state index contributed by atoms with van der Waals surface area (Å²) >= 11 is 0. The molecule has 2 N–H and O–H groups in total. The maximum absolute atomic E-state index is 12.6. The summed E-state index contributed by atoms with van der Waals surface area (Å²) in [5.74, 6) is 4.81. The highest BCUT2D eigenvalue weighted by molar-refractivity contribution is 5.45. The van der Waals surface area contributed by atoms with Crippen LogP contribution in [0, 0.1) is 11.8 Å². The van der Waals surface area contributed by atoms with Crippen LogP contribution in [0.3, 0.4) is 0 Å². The van der Waals surface area contributed by atoms with E-state index in [9.17, 15) is 13.2 Å². The van der Waals surface area contributed by atoms with Crippen molar-refractivity contribution < 1.29 is 17.9 Å². The van der Waals surface area contributed by atoms with E-state index in [1.54, 1.807) is 0 Å². The lowest BCUT2D eigenvalue weighted by molar-refractivity contribution is -0.138. The van der Waals surface area contributed by atoms with E-state index in [1.165, 1.54) is 19.2 Å². The summed E-state index contributed by atoms with van der Waals surface area (Å²) in [5, 5.41) is 0. The molecule has 0 spiro atoms. The molecule has 2 nitrogen and oxygen atoms in total. The molecular weight excluding hydrogens is 219 g/mol. The lowest BCUT2D eigenvalue weighted by Gasteiger charge is -2.11. The molecule has 1 rings (SSSR count). The monoisotopic (exact) mass is 229 g/mol. The molecule has 0 radical (unpaired) electrons. The van der Waals surface area contributed by atoms with Gasteiger partial charge in [0, 0.05) is 5.56 Å². The first kappa shape index (κ1) is 12.4. The molecule has 0 bridgehead atoms. The standard InChI is InChI=1S/C11H10F3NO/c1-16-10-5-4-8(3-2-6-15)7-9(10)11(12,13)14/h4-5,7H,6,15H2,1H3. The van der Waals surface area contributed by atoms with Crippen molar-refractivity contribution >= 4 is 0 Å². The van der Waals surface area contributed by atoms with Gasteiger partial charge >= 0.3 is 6.18 Å². The van der Waals surface area contributed by atoms with Crippen LogP contribution in [0.5, 0.6) is 5.75 Å². The predicted molar refractivity (Wildman–Crippen MR) is 53.9 cm³/mol. The zero-order valence-corrected chi connectivity index (χ0v) is 8.56. The van der Waals surface area contributed by atoms with E-state index in [1.807, 2.05) is 0 Å². The molecule has 1 aromatic rings. The van der Waals surface area contributed by atoms with E-state index in [-0.39, 0.29) is 17.9 Å². The maximum Gasteiger partial charge on any atom is 0.420 e. The number of methoxy groups -OCH3 is 1. The second-order valence-electron chi connectivity index (χ2n) is 2.92. The van der Waals surface area contributed by atoms with E-state index < -0.39 is 11.7 Å². The molecule has 0 heterocycles. The summed E-state index contributed by atoms with van der Waals surface area (Å²) in [6.07, 6.45) is -4.45. The molecule has 1 aromatic carbocycles. The van der Waals surface area contributed by atoms with Crippen molar-refractivity contribution in [1.82, 2.24) is 0 Å². The van der Waals surface area contributed by atoms with Crippen LogP contribution in [-0.4, -0.2) is 13.7 Å². The first-order valence-corrected chi connectivity index (χ1v) is 4.43. The van der Waals surface area contributed by atoms with Crippen molar-refractivity contribution in [3.63, 3.8) is 0 Å². The summed E-state index contributed by atoms with van der Waals surface area (Å²) in [6.45, 7) is 0.105. The number of hydrogen-bond donors (Lipinski definition) is 1. The third-order valence-corrected chi connectivity index (χ3v) is 1.84. The molecule has 0 aliphatic heterocycles. The molecule has 0 fully saturated rings. The van der Waals surface area contributed by atoms with Gasteiger partial charge in [-0.05, 0) is 18.2 Å². The summed E-state index contributed by atoms with van der Waals surface area (Å²) in [7, 11) is 1.19. The largest absolute Gasteiger partial charge is 0.496 e. The highest BCUT2D eigenvalue weighted by atomic mass is 19.4. The van der Waals surface area contributed by atoms with Gasteiger partial charge < -0.3 is 10.5 Å². The third-order valence-electron chi connectivity index (χ3n) is 1.84. The fourth-order valence-corrected chi connectivity index (χ4v) is 1.16. The Labute approximate surface area is 91.2 Å². The van der Waals surface area contributed by atoms with Gasteiger partial charge in [-0.15, -0.1) is 0 Å². The minimum Gasteiger partial charge on any atom is -0.496 e. The van der Waals surface area contributed by atoms with Crippen LogP contribution in [0.1, 0.15) is 11.1 Å². The summed E-state index contributed by atoms with van der Waals surface area (Å²) in [4.78, 5) is 0. The number of halogens is 3. The zero-order chi connectivity index (χ0) is 12.2. The van der Waals surface area contributed by atoms with Gasteiger partial charge in [0.05, 0.1) is 19.2 Å². The molecule has 0 saturated carbocycles. The van der Waals surface area contributed by atoms with Crippen LogP contribution in [0.4, 0.5) is 13.2 Å². The van der Waals surface area contributed by atoms with E-state index in [0.717, 1.165) is 6.07 Å². The number of benzene rings is 1. The molecule has 0 saturated heterocycles. The summed E-state index contributed by atoms with van der Waals surface area (Å²) in [5.41, 5.74) is 4.56. The van der Waals surface area contributed by atoms with Gasteiger partial charge in [-0.2, -0.15) is 13.2 Å². The van der Waals surface area contributed by atoms with Gasteiger partial charge in [-0.1, -0.05) is 11.8 Å². The predicted octanol–water partition coefficient (Wildman–Crippen LogP) is 2.02. The van der Waals surface area contributed by atoms with Crippen LogP contribution in [0.2, 0.25) is 0 Å². The third kappa shape index (κ3) is 2.91. The average molecular weight is 229 g/mol. The van der Waals surface area contributed by atoms with Gasteiger partial charge in [-0.25, -0.2) is 0 Å². The average Bonchev–Trinajstić information content (AvgIpc) is 2.24. The quantitative estimate of drug-likeness (QED) is 0.748. The van der Waals surface area contributed by atoms with Crippen molar-refractivity contribution in [2.24, 2.45) is 5.73 Å². The van der Waals surface area contributed by atoms with E-state index in [0.29, 0.717) is 0 Å². The summed E-state index contributed by atoms with van der Waals surface area (Å²) in [6, 6.07) is 3.64. The molecule has 0 atom stereocenters. The van der Waals surface area contributed by atoms with E-state index >= 15 is 0 Å². The molecule has 16 heavy (non-hydrogen) atoms. The van der Waals surface area contributed by atoms with Crippen molar-refractivity contribution in [3.05, 3.63) is 29.3 Å². The number of rotatable bonds is 1. The Balaban J connectivity index is 3.22. The van der Waals surface area contributed by atoms with Gasteiger partial charge in [0.1, 0.15) is 5.75 Å². The first-order valence-electron chi connectivity index (χ1n) is 4.43. The van der Waals surface area contributed by atoms with Crippen molar-refractivity contribution in [3.8, 4) is 17.6 Å². The van der Waals surface area contributed by atoms with Gasteiger partial charge in [0.2, 0.25) is 0 Å². The van der Waals surface area contributed by atoms with Gasteiger partial charge in [-0.3, -0.25) is 0 Å². The number of nitrogens with two attached hydrogens (primary N) is 1. The Kier molecular flexibility index (Phi) is 3.80. The highest BCUT2D eigenvalue weighted by Crippen LogP contribution is 2.36. The normalized spacial score (nSPS) is 10.6. The van der Waals surface area contributed by atoms with Crippen LogP contribution >= 0.6 is 0 Å². The minimum atomic E-state index is -4.45. The molecular formula is C11H10F3NO. The molecule has 86 valence electrons. The van der Waals surface area contributed by atoms with Gasteiger partial charge in [0.15, 0.2) is 0 Å². The Hall–Kier alpha value is -1.67. The van der Waals surface area contributed by atoms with Gasteiger partial charge in [0.25, 0.3) is 0 Å². The Bertz CT molecular complexity index is 429. The minimum absolute atomic E-state index is 0.105. The highest BCUT2D eigenvalue weighted by Gasteiger charge is 2.34. The van der Waals surface area contributed by atoms with Crippen molar-refractivity contribution in [1.29, 1.82) is 0 Å². The first-order chi connectivity index (χ1) is 7.49. The zero-order valence-electron chi connectivity index (χ0n) is 8.56. The van der Waals surface area contributed by atoms with Crippen LogP contribution in [0.15, 0.2) is 18.2 Å². The van der Waals surface area contributed by atoms with Crippen LogP contribution in [-0.2, 0) is 6.18 Å². The fourth-order valence-electron chi connectivity index (χ4n) is 1.16. The Morgan fingerprint density at radius 3 is 2.56 bits per heavy atom. The van der Waals surface area contributed by atoms with Crippen molar-refractivity contribution in [2.45, 2.75) is 6.18 Å². The van der Waals surface area contributed by atoms with E-state index in [4.69, 9.17) is 5.73 Å². The fraction of sp³-hybridized carbons (Fsp3) is 0.273. The second-order valence-corrected chi connectivity index (χ2v) is 2.92. The van der Waals surface area contributed by atoms with E-state index in [2.05, 4.69) is 16.6 Å². The molecule has 0 unspecified atom stereocenters. The molecule has 0 amide bonds. The Morgan fingerprint density at radius 1 is 1.38 bits per heavy atom. The smallest absolute Gasteiger partial charge is 0.420 e. The number of alkyl halides is 3. The SMILES string of the molecule is COc1ccc(C#CCN)cc1C(F)(F)F. The molecule has 5 heteroatoms. The number of ether oxygens (including phenoxy) is 1.